The number of benzene rings is 1. The van der Waals surface area contributed by atoms with Crippen LogP contribution in [0.5, 0.6) is 0 Å². The molecule has 0 aliphatic heterocycles. The van der Waals surface area contributed by atoms with Crippen molar-refractivity contribution in [3.05, 3.63) is 35.4 Å². The summed E-state index contributed by atoms with van der Waals surface area (Å²) >= 11 is 0. The van der Waals surface area contributed by atoms with Crippen LogP contribution in [0.1, 0.15) is 78.4 Å². The third-order valence-corrected chi connectivity index (χ3v) is 3.01. The molecule has 1 unspecified atom stereocenters. The first-order chi connectivity index (χ1) is 12.0. The highest BCUT2D eigenvalue weighted by Gasteiger charge is 1.98. The van der Waals surface area contributed by atoms with Crippen molar-refractivity contribution in [1.82, 2.24) is 0 Å². The Kier molecular flexibility index (Phi) is 25.1. The van der Waals surface area contributed by atoms with Crippen molar-refractivity contribution in [2.75, 3.05) is 0 Å². The van der Waals surface area contributed by atoms with Crippen LogP contribution in [-0.2, 0) is 20.9 Å². The van der Waals surface area contributed by atoms with E-state index in [1.807, 2.05) is 58.9 Å². The number of ether oxygens (including phenoxy) is 1. The number of carbonyl (C=O) groups is 2. The van der Waals surface area contributed by atoms with Crippen LogP contribution < -0.4 is 5.73 Å². The standard InChI is InChI=1S/C10H12O2.C7H15NO.2C2H6/c1-8-5-3-4-6-10(8)7-12-9(2)11;1-2-3-4-5-7(8)6-9;2*1-2/h3-6H,7H2,1-2H3;6-7H,2-5,8H2,1H3;2*1-2H3. The first-order valence-electron chi connectivity index (χ1n) is 9.40. The number of esters is 1. The van der Waals surface area contributed by atoms with Crippen molar-refractivity contribution in [1.29, 1.82) is 0 Å². The summed E-state index contributed by atoms with van der Waals surface area (Å²) in [6.45, 7) is 13.9. The van der Waals surface area contributed by atoms with Crippen molar-refractivity contribution >= 4 is 12.3 Å². The third-order valence-electron chi connectivity index (χ3n) is 3.01. The van der Waals surface area contributed by atoms with Crippen molar-refractivity contribution in [2.45, 2.75) is 86.8 Å². The average Bonchev–Trinajstić information content (AvgIpc) is 2.65. The molecule has 0 saturated heterocycles. The molecule has 1 rings (SSSR count). The zero-order chi connectivity index (χ0) is 20.1. The molecule has 0 bridgehead atoms. The summed E-state index contributed by atoms with van der Waals surface area (Å²) in [5.41, 5.74) is 7.56. The minimum Gasteiger partial charge on any atom is -0.461 e. The fourth-order valence-electron chi connectivity index (χ4n) is 1.65. The van der Waals surface area contributed by atoms with E-state index in [1.165, 1.54) is 19.8 Å². The lowest BCUT2D eigenvalue weighted by Gasteiger charge is -2.04. The number of unbranched alkanes of at least 4 members (excludes halogenated alkanes) is 2. The van der Waals surface area contributed by atoms with Gasteiger partial charge in [0.15, 0.2) is 0 Å². The molecule has 0 radical (unpaired) electrons. The van der Waals surface area contributed by atoms with Gasteiger partial charge in [-0.3, -0.25) is 4.79 Å². The van der Waals surface area contributed by atoms with Gasteiger partial charge in [0.05, 0.1) is 6.04 Å². The molecule has 0 aliphatic rings. The lowest BCUT2D eigenvalue weighted by Crippen LogP contribution is -2.20. The van der Waals surface area contributed by atoms with E-state index < -0.39 is 0 Å². The number of carbonyl (C=O) groups excluding carboxylic acids is 2. The second-order valence-electron chi connectivity index (χ2n) is 5.00. The smallest absolute Gasteiger partial charge is 0.302 e. The molecule has 25 heavy (non-hydrogen) atoms. The van der Waals surface area contributed by atoms with Gasteiger partial charge in [-0.2, -0.15) is 0 Å². The average molecular weight is 354 g/mol. The van der Waals surface area contributed by atoms with Gasteiger partial charge in [-0.05, 0) is 24.5 Å². The third kappa shape index (κ3) is 20.3. The minimum atomic E-state index is -0.238. The van der Waals surface area contributed by atoms with Gasteiger partial charge in [0.2, 0.25) is 0 Å². The topological polar surface area (TPSA) is 69.4 Å². The van der Waals surface area contributed by atoms with Crippen LogP contribution in [0, 0.1) is 6.92 Å². The molecule has 0 fully saturated rings. The van der Waals surface area contributed by atoms with Gasteiger partial charge >= 0.3 is 5.97 Å². The SMILES string of the molecule is CC.CC.CC(=O)OCc1ccccc1C.CCCCCC(N)C=O. The minimum absolute atomic E-state index is 0.225. The van der Waals surface area contributed by atoms with Gasteiger partial charge in [0, 0.05) is 6.92 Å². The summed E-state index contributed by atoms with van der Waals surface area (Å²) < 4.78 is 4.87. The Hall–Kier alpha value is -1.68. The Morgan fingerprint density at radius 2 is 1.72 bits per heavy atom. The zero-order valence-corrected chi connectivity index (χ0v) is 17.3. The van der Waals surface area contributed by atoms with Crippen molar-refractivity contribution in [2.24, 2.45) is 5.73 Å². The second kappa shape index (κ2) is 22.3. The van der Waals surface area contributed by atoms with Crippen molar-refractivity contribution < 1.29 is 14.3 Å². The maximum absolute atomic E-state index is 10.5. The molecule has 1 aromatic rings. The highest BCUT2D eigenvalue weighted by molar-refractivity contribution is 5.65. The first-order valence-corrected chi connectivity index (χ1v) is 9.40. The summed E-state index contributed by atoms with van der Waals surface area (Å²) in [5, 5.41) is 0. The molecule has 1 atom stereocenters. The van der Waals surface area contributed by atoms with E-state index >= 15 is 0 Å². The molecule has 0 amide bonds. The second-order valence-corrected chi connectivity index (χ2v) is 5.00. The van der Waals surface area contributed by atoms with E-state index in [2.05, 4.69) is 6.92 Å². The molecule has 4 nitrogen and oxygen atoms in total. The number of hydrogen-bond donors (Lipinski definition) is 1. The maximum atomic E-state index is 10.5. The molecule has 1 aromatic carbocycles. The molecule has 146 valence electrons. The van der Waals surface area contributed by atoms with Gasteiger partial charge < -0.3 is 15.3 Å². The van der Waals surface area contributed by atoms with E-state index in [1.54, 1.807) is 0 Å². The number of hydrogen-bond acceptors (Lipinski definition) is 4. The molecule has 0 saturated carbocycles. The predicted molar refractivity (Wildman–Crippen MR) is 108 cm³/mol. The van der Waals surface area contributed by atoms with E-state index in [9.17, 15) is 9.59 Å². The zero-order valence-electron chi connectivity index (χ0n) is 17.3. The lowest BCUT2D eigenvalue weighted by atomic mass is 10.1. The number of rotatable bonds is 7. The molecule has 2 N–H and O–H groups in total. The van der Waals surface area contributed by atoms with E-state index in [4.69, 9.17) is 10.5 Å². The van der Waals surface area contributed by atoms with Crippen molar-refractivity contribution in [3.8, 4) is 0 Å². The van der Waals surface area contributed by atoms with Crippen LogP contribution in [0.15, 0.2) is 24.3 Å². The predicted octanol–water partition coefficient (Wildman–Crippen LogP) is 5.20. The van der Waals surface area contributed by atoms with E-state index in [0.717, 1.165) is 30.3 Å². The lowest BCUT2D eigenvalue weighted by molar-refractivity contribution is -0.142. The molecule has 0 aliphatic carbocycles. The fourth-order valence-corrected chi connectivity index (χ4v) is 1.65. The number of nitrogens with two attached hydrogens (primary N) is 1. The van der Waals surface area contributed by atoms with Crippen LogP contribution in [0.2, 0.25) is 0 Å². The van der Waals surface area contributed by atoms with Crippen LogP contribution in [0.4, 0.5) is 0 Å². The monoisotopic (exact) mass is 353 g/mol. The first kappa shape index (κ1) is 28.1. The molecular formula is C21H39NO3. The van der Waals surface area contributed by atoms with Gasteiger partial charge in [0.1, 0.15) is 12.9 Å². The Labute approximate surface area is 155 Å². The van der Waals surface area contributed by atoms with E-state index in [0.29, 0.717) is 6.61 Å². The van der Waals surface area contributed by atoms with Crippen LogP contribution in [0.25, 0.3) is 0 Å². The molecule has 0 heterocycles. The van der Waals surface area contributed by atoms with Crippen LogP contribution >= 0.6 is 0 Å². The number of aryl methyl sites for hydroxylation is 1. The Balaban J connectivity index is -0.000000332. The number of aldehydes is 1. The fraction of sp³-hybridized carbons (Fsp3) is 0.619. The molecular weight excluding hydrogens is 314 g/mol. The summed E-state index contributed by atoms with van der Waals surface area (Å²) in [5.74, 6) is -0.238. The quantitative estimate of drug-likeness (QED) is 0.415. The van der Waals surface area contributed by atoms with E-state index in [-0.39, 0.29) is 12.0 Å². The van der Waals surface area contributed by atoms with Gasteiger partial charge in [-0.15, -0.1) is 0 Å². The maximum Gasteiger partial charge on any atom is 0.302 e. The molecule has 4 heteroatoms. The Bertz CT molecular complexity index is 419. The van der Waals surface area contributed by atoms with Crippen molar-refractivity contribution in [3.63, 3.8) is 0 Å². The summed E-state index contributed by atoms with van der Waals surface area (Å²) in [7, 11) is 0. The highest BCUT2D eigenvalue weighted by atomic mass is 16.5. The molecule has 0 aromatic heterocycles. The Morgan fingerprint density at radius 3 is 2.16 bits per heavy atom. The molecule has 0 spiro atoms. The largest absolute Gasteiger partial charge is 0.461 e. The van der Waals surface area contributed by atoms with Gasteiger partial charge in [0.25, 0.3) is 0 Å². The summed E-state index contributed by atoms with van der Waals surface area (Å²) in [6.07, 6.45) is 5.11. The summed E-state index contributed by atoms with van der Waals surface area (Å²) in [4.78, 5) is 20.5. The highest BCUT2D eigenvalue weighted by Crippen LogP contribution is 2.07. The Morgan fingerprint density at radius 1 is 1.16 bits per heavy atom. The summed E-state index contributed by atoms with van der Waals surface area (Å²) in [6, 6.07) is 7.63. The van der Waals surface area contributed by atoms with Gasteiger partial charge in [-0.1, -0.05) is 78.1 Å². The van der Waals surface area contributed by atoms with Crippen LogP contribution in [-0.4, -0.2) is 18.3 Å². The van der Waals surface area contributed by atoms with Gasteiger partial charge in [-0.25, -0.2) is 0 Å². The normalized spacial score (nSPS) is 9.76. The van der Waals surface area contributed by atoms with Crippen LogP contribution in [0.3, 0.4) is 0 Å².